The van der Waals surface area contributed by atoms with Crippen LogP contribution < -0.4 is 0 Å². The van der Waals surface area contributed by atoms with E-state index < -0.39 is 0 Å². The number of hydrogen-bond donors (Lipinski definition) is 1. The summed E-state index contributed by atoms with van der Waals surface area (Å²) in [5.41, 5.74) is 2.09. The molecule has 0 spiro atoms. The van der Waals surface area contributed by atoms with Crippen LogP contribution in [0.2, 0.25) is 0 Å². The Kier molecular flexibility index (Phi) is 4.27. The molecule has 5 nitrogen and oxygen atoms in total. The molecule has 2 fully saturated rings. The number of nitrogens with zero attached hydrogens (tertiary/aromatic N) is 3. The summed E-state index contributed by atoms with van der Waals surface area (Å²) in [4.78, 5) is 24.9. The Balaban J connectivity index is 1.26. The lowest BCUT2D eigenvalue weighted by molar-refractivity contribution is -0.136. The van der Waals surface area contributed by atoms with Gasteiger partial charge in [-0.1, -0.05) is 12.1 Å². The van der Waals surface area contributed by atoms with Gasteiger partial charge in [0.25, 0.3) is 0 Å². The standard InChI is InChI=1S/C19H26N4O/c1-14(22-10-4-5-11-22)8-9-18(24)23-12-15(13-23)19-20-16-6-2-3-7-17(16)21-19/h2-3,6-7,14-15H,4-5,8-13H2,1H3,(H,20,21). The number of para-hydroxylation sites is 2. The summed E-state index contributed by atoms with van der Waals surface area (Å²) in [7, 11) is 0. The molecule has 1 unspecified atom stereocenters. The van der Waals surface area contributed by atoms with Crippen molar-refractivity contribution in [3.63, 3.8) is 0 Å². The van der Waals surface area contributed by atoms with Gasteiger partial charge < -0.3 is 14.8 Å². The van der Waals surface area contributed by atoms with Crippen LogP contribution in [0, 0.1) is 0 Å². The van der Waals surface area contributed by atoms with E-state index in [0.29, 0.717) is 24.3 Å². The minimum absolute atomic E-state index is 0.299. The van der Waals surface area contributed by atoms with Crippen LogP contribution >= 0.6 is 0 Å². The van der Waals surface area contributed by atoms with E-state index in [1.165, 1.54) is 25.9 Å². The van der Waals surface area contributed by atoms with Crippen LogP contribution in [0.5, 0.6) is 0 Å². The van der Waals surface area contributed by atoms with E-state index in [-0.39, 0.29) is 0 Å². The van der Waals surface area contributed by atoms with Gasteiger partial charge in [-0.3, -0.25) is 4.79 Å². The summed E-state index contributed by atoms with van der Waals surface area (Å²) in [5, 5.41) is 0. The third-order valence-corrected chi connectivity index (χ3v) is 5.57. The molecule has 1 aromatic carbocycles. The molecule has 2 aliphatic heterocycles. The number of amides is 1. The zero-order chi connectivity index (χ0) is 16.5. The van der Waals surface area contributed by atoms with Crippen molar-refractivity contribution in [1.29, 1.82) is 0 Å². The molecule has 1 amide bonds. The summed E-state index contributed by atoms with van der Waals surface area (Å²) >= 11 is 0. The maximum Gasteiger partial charge on any atom is 0.222 e. The summed E-state index contributed by atoms with van der Waals surface area (Å²) in [5.74, 6) is 1.68. The number of benzene rings is 1. The zero-order valence-electron chi connectivity index (χ0n) is 14.4. The minimum Gasteiger partial charge on any atom is -0.342 e. The molecule has 4 rings (SSSR count). The monoisotopic (exact) mass is 326 g/mol. The molecule has 1 N–H and O–H groups in total. The third kappa shape index (κ3) is 3.05. The fourth-order valence-electron chi connectivity index (χ4n) is 3.88. The first kappa shape index (κ1) is 15.6. The van der Waals surface area contributed by atoms with Crippen molar-refractivity contribution >= 4 is 16.9 Å². The van der Waals surface area contributed by atoms with Crippen LogP contribution in [-0.2, 0) is 4.79 Å². The predicted octanol–water partition coefficient (Wildman–Crippen LogP) is 2.75. The van der Waals surface area contributed by atoms with Crippen molar-refractivity contribution in [1.82, 2.24) is 19.8 Å². The fourth-order valence-corrected chi connectivity index (χ4v) is 3.88. The number of carbonyl (C=O) groups excluding carboxylic acids is 1. The number of fused-ring (bicyclic) bond motifs is 1. The first-order chi connectivity index (χ1) is 11.7. The number of H-pyrrole nitrogens is 1. The first-order valence-electron chi connectivity index (χ1n) is 9.17. The molecule has 0 saturated carbocycles. The molecule has 24 heavy (non-hydrogen) atoms. The van der Waals surface area contributed by atoms with Gasteiger partial charge in [0.15, 0.2) is 0 Å². The number of hydrogen-bond acceptors (Lipinski definition) is 3. The second-order valence-electron chi connectivity index (χ2n) is 7.27. The average molecular weight is 326 g/mol. The Morgan fingerprint density at radius 3 is 2.79 bits per heavy atom. The van der Waals surface area contributed by atoms with E-state index in [1.807, 2.05) is 29.2 Å². The number of likely N-dealkylation sites (tertiary alicyclic amines) is 2. The van der Waals surface area contributed by atoms with Crippen LogP contribution in [0.25, 0.3) is 11.0 Å². The van der Waals surface area contributed by atoms with E-state index in [2.05, 4.69) is 21.8 Å². The Labute approximate surface area is 143 Å². The Bertz CT molecular complexity index is 680. The lowest BCUT2D eigenvalue weighted by Gasteiger charge is -2.38. The van der Waals surface area contributed by atoms with Crippen molar-refractivity contribution in [3.05, 3.63) is 30.1 Å². The van der Waals surface area contributed by atoms with Gasteiger partial charge in [0.2, 0.25) is 5.91 Å². The molecule has 5 heteroatoms. The summed E-state index contributed by atoms with van der Waals surface area (Å²) in [6.45, 7) is 6.26. The fraction of sp³-hybridized carbons (Fsp3) is 0.579. The largest absolute Gasteiger partial charge is 0.342 e. The van der Waals surface area contributed by atoms with Crippen LogP contribution in [0.1, 0.15) is 44.3 Å². The quantitative estimate of drug-likeness (QED) is 0.919. The van der Waals surface area contributed by atoms with Gasteiger partial charge in [-0.15, -0.1) is 0 Å². The summed E-state index contributed by atoms with van der Waals surface area (Å²) in [6.07, 6.45) is 4.27. The summed E-state index contributed by atoms with van der Waals surface area (Å²) < 4.78 is 0. The summed E-state index contributed by atoms with van der Waals surface area (Å²) in [6, 6.07) is 8.63. The lowest BCUT2D eigenvalue weighted by atomic mass is 9.98. The molecule has 2 saturated heterocycles. The topological polar surface area (TPSA) is 52.2 Å². The number of aromatic nitrogens is 2. The maximum atomic E-state index is 12.4. The van der Waals surface area contributed by atoms with Gasteiger partial charge in [0, 0.05) is 25.6 Å². The zero-order valence-corrected chi connectivity index (χ0v) is 14.4. The lowest BCUT2D eigenvalue weighted by Crippen LogP contribution is -2.49. The second-order valence-corrected chi connectivity index (χ2v) is 7.27. The molecule has 0 radical (unpaired) electrons. The van der Waals surface area contributed by atoms with Gasteiger partial charge in [-0.05, 0) is 51.4 Å². The molecule has 0 bridgehead atoms. The molecular weight excluding hydrogens is 300 g/mol. The van der Waals surface area contributed by atoms with Gasteiger partial charge >= 0.3 is 0 Å². The highest BCUT2D eigenvalue weighted by Gasteiger charge is 2.33. The average Bonchev–Trinajstić information content (AvgIpc) is 3.20. The molecule has 0 aliphatic carbocycles. The molecule has 1 atom stereocenters. The van der Waals surface area contributed by atoms with E-state index in [4.69, 9.17) is 0 Å². The smallest absolute Gasteiger partial charge is 0.222 e. The SMILES string of the molecule is CC(CCC(=O)N1CC(c2nc3ccccc3[nH]2)C1)N1CCCC1. The highest BCUT2D eigenvalue weighted by atomic mass is 16.2. The number of rotatable bonds is 5. The van der Waals surface area contributed by atoms with Crippen molar-refractivity contribution in [2.75, 3.05) is 26.2 Å². The van der Waals surface area contributed by atoms with Gasteiger partial charge in [-0.2, -0.15) is 0 Å². The molecule has 128 valence electrons. The van der Waals surface area contributed by atoms with Crippen LogP contribution in [0.3, 0.4) is 0 Å². The van der Waals surface area contributed by atoms with Crippen molar-refractivity contribution < 1.29 is 4.79 Å². The molecule has 1 aromatic heterocycles. The normalized spacial score (nSPS) is 20.5. The number of carbonyl (C=O) groups is 1. The first-order valence-corrected chi connectivity index (χ1v) is 9.17. The van der Waals surface area contributed by atoms with Gasteiger partial charge in [0.05, 0.1) is 17.0 Å². The highest BCUT2D eigenvalue weighted by molar-refractivity contribution is 5.78. The molecule has 3 heterocycles. The van der Waals surface area contributed by atoms with Crippen LogP contribution in [0.4, 0.5) is 0 Å². The van der Waals surface area contributed by atoms with E-state index in [9.17, 15) is 4.79 Å². The highest BCUT2D eigenvalue weighted by Crippen LogP contribution is 2.27. The number of aromatic amines is 1. The van der Waals surface area contributed by atoms with Gasteiger partial charge in [-0.25, -0.2) is 4.98 Å². The minimum atomic E-state index is 0.299. The van der Waals surface area contributed by atoms with Crippen molar-refractivity contribution in [2.24, 2.45) is 0 Å². The molecular formula is C19H26N4O. The van der Waals surface area contributed by atoms with Crippen LogP contribution in [-0.4, -0.2) is 57.9 Å². The van der Waals surface area contributed by atoms with E-state index >= 15 is 0 Å². The second kappa shape index (κ2) is 6.55. The van der Waals surface area contributed by atoms with Crippen molar-refractivity contribution in [3.8, 4) is 0 Å². The Hall–Kier alpha value is -1.88. The predicted molar refractivity (Wildman–Crippen MR) is 94.9 cm³/mol. The third-order valence-electron chi connectivity index (χ3n) is 5.57. The Morgan fingerprint density at radius 2 is 2.04 bits per heavy atom. The van der Waals surface area contributed by atoms with Crippen molar-refractivity contribution in [2.45, 2.75) is 44.6 Å². The Morgan fingerprint density at radius 1 is 1.29 bits per heavy atom. The number of imidazole rings is 1. The number of nitrogens with one attached hydrogen (secondary N) is 1. The van der Waals surface area contributed by atoms with Gasteiger partial charge in [0.1, 0.15) is 5.82 Å². The van der Waals surface area contributed by atoms with E-state index in [0.717, 1.165) is 36.4 Å². The van der Waals surface area contributed by atoms with Crippen LogP contribution in [0.15, 0.2) is 24.3 Å². The molecule has 2 aliphatic rings. The molecule has 2 aromatic rings. The van der Waals surface area contributed by atoms with E-state index in [1.54, 1.807) is 0 Å². The maximum absolute atomic E-state index is 12.4.